The van der Waals surface area contributed by atoms with Crippen molar-refractivity contribution in [2.45, 2.75) is 18.0 Å². The lowest BCUT2D eigenvalue weighted by Crippen LogP contribution is -2.36. The summed E-state index contributed by atoms with van der Waals surface area (Å²) in [4.78, 5) is 15.7. The van der Waals surface area contributed by atoms with Gasteiger partial charge in [0.15, 0.2) is 0 Å². The highest BCUT2D eigenvalue weighted by molar-refractivity contribution is 9.10. The molecule has 0 bridgehead atoms. The Morgan fingerprint density at radius 1 is 1.08 bits per heavy atom. The van der Waals surface area contributed by atoms with Gasteiger partial charge in [-0.25, -0.2) is 0 Å². The predicted octanol–water partition coefficient (Wildman–Crippen LogP) is 3.69. The molecule has 0 saturated carbocycles. The Morgan fingerprint density at radius 2 is 1.77 bits per heavy atom. The molecule has 1 fully saturated rings. The Morgan fingerprint density at radius 3 is 2.54 bits per heavy atom. The molecule has 0 spiro atoms. The van der Waals surface area contributed by atoms with Gasteiger partial charge in [0.1, 0.15) is 0 Å². The topological polar surface area (TPSA) is 41.6 Å². The van der Waals surface area contributed by atoms with Crippen molar-refractivity contribution in [3.63, 3.8) is 0 Å². The number of morpholine rings is 1. The van der Waals surface area contributed by atoms with E-state index in [2.05, 4.69) is 44.3 Å². The molecule has 1 aliphatic rings. The molecule has 1 amide bonds. The van der Waals surface area contributed by atoms with Gasteiger partial charge in [0, 0.05) is 35.5 Å². The van der Waals surface area contributed by atoms with Gasteiger partial charge in [-0.15, -0.1) is 11.8 Å². The summed E-state index contributed by atoms with van der Waals surface area (Å²) in [5.74, 6) is 0.459. The Labute approximate surface area is 167 Å². The van der Waals surface area contributed by atoms with E-state index in [-0.39, 0.29) is 5.91 Å². The minimum atomic E-state index is 0.0481. The zero-order valence-corrected chi connectivity index (χ0v) is 17.0. The van der Waals surface area contributed by atoms with Crippen LogP contribution in [0.2, 0.25) is 0 Å². The summed E-state index contributed by atoms with van der Waals surface area (Å²) in [6, 6.07) is 16.3. The van der Waals surface area contributed by atoms with Crippen LogP contribution >= 0.6 is 27.7 Å². The molecule has 6 heteroatoms. The van der Waals surface area contributed by atoms with Crippen LogP contribution in [0.4, 0.5) is 0 Å². The lowest BCUT2D eigenvalue weighted by molar-refractivity contribution is -0.118. The zero-order chi connectivity index (χ0) is 18.2. The van der Waals surface area contributed by atoms with Crippen molar-refractivity contribution in [2.75, 3.05) is 32.1 Å². The Kier molecular flexibility index (Phi) is 7.55. The van der Waals surface area contributed by atoms with Gasteiger partial charge in [-0.1, -0.05) is 36.4 Å². The lowest BCUT2D eigenvalue weighted by Gasteiger charge is -2.27. The molecule has 138 valence electrons. The van der Waals surface area contributed by atoms with Crippen LogP contribution in [0.3, 0.4) is 0 Å². The predicted molar refractivity (Wildman–Crippen MR) is 109 cm³/mol. The Bertz CT molecular complexity index is 735. The number of carbonyl (C=O) groups is 1. The molecule has 0 aromatic heterocycles. The fraction of sp³-hybridized carbons (Fsp3) is 0.350. The number of ether oxygens (including phenoxy) is 1. The van der Waals surface area contributed by atoms with Crippen molar-refractivity contribution < 1.29 is 9.53 Å². The van der Waals surface area contributed by atoms with Crippen LogP contribution < -0.4 is 5.32 Å². The normalized spacial score (nSPS) is 15.0. The molecule has 1 aliphatic heterocycles. The molecule has 1 heterocycles. The van der Waals surface area contributed by atoms with E-state index < -0.39 is 0 Å². The van der Waals surface area contributed by atoms with Crippen LogP contribution in [0, 0.1) is 0 Å². The van der Waals surface area contributed by atoms with Crippen LogP contribution in [0.5, 0.6) is 0 Å². The number of halogens is 1. The van der Waals surface area contributed by atoms with Crippen molar-refractivity contribution in [1.82, 2.24) is 10.2 Å². The first-order chi connectivity index (χ1) is 12.7. The van der Waals surface area contributed by atoms with Gasteiger partial charge in [0.25, 0.3) is 0 Å². The summed E-state index contributed by atoms with van der Waals surface area (Å²) in [5.41, 5.74) is 2.45. The molecule has 0 aliphatic carbocycles. The molecule has 1 N–H and O–H groups in total. The van der Waals surface area contributed by atoms with E-state index in [0.29, 0.717) is 12.3 Å². The van der Waals surface area contributed by atoms with E-state index in [1.54, 1.807) is 11.8 Å². The molecule has 1 saturated heterocycles. The summed E-state index contributed by atoms with van der Waals surface area (Å²) < 4.78 is 6.44. The molecular formula is C20H23BrN2O2S. The molecule has 2 aromatic carbocycles. The number of hydrogen-bond donors (Lipinski definition) is 1. The smallest absolute Gasteiger partial charge is 0.230 e. The Hall–Kier alpha value is -1.34. The van der Waals surface area contributed by atoms with Crippen molar-refractivity contribution in [1.29, 1.82) is 0 Å². The SMILES string of the molecule is O=C(CSc1ccccc1Br)NCc1ccccc1CN1CCOCC1. The molecule has 0 atom stereocenters. The summed E-state index contributed by atoms with van der Waals surface area (Å²) in [6.45, 7) is 4.99. The average Bonchev–Trinajstić information content (AvgIpc) is 2.67. The third kappa shape index (κ3) is 5.84. The van der Waals surface area contributed by atoms with E-state index in [1.165, 1.54) is 11.1 Å². The molecular weight excluding hydrogens is 412 g/mol. The number of thioether (sulfide) groups is 1. The maximum Gasteiger partial charge on any atom is 0.230 e. The van der Waals surface area contributed by atoms with Crippen LogP contribution in [0.15, 0.2) is 57.9 Å². The van der Waals surface area contributed by atoms with Crippen LogP contribution in [-0.2, 0) is 22.6 Å². The summed E-state index contributed by atoms with van der Waals surface area (Å²) in [6.07, 6.45) is 0. The van der Waals surface area contributed by atoms with Gasteiger partial charge in [-0.05, 0) is 39.2 Å². The maximum atomic E-state index is 12.2. The molecule has 26 heavy (non-hydrogen) atoms. The average molecular weight is 435 g/mol. The van der Waals surface area contributed by atoms with Crippen molar-refractivity contribution >= 4 is 33.6 Å². The number of nitrogens with zero attached hydrogens (tertiary/aromatic N) is 1. The summed E-state index contributed by atoms with van der Waals surface area (Å²) >= 11 is 5.05. The van der Waals surface area contributed by atoms with Gasteiger partial charge < -0.3 is 10.1 Å². The second kappa shape index (κ2) is 10.1. The van der Waals surface area contributed by atoms with Crippen molar-refractivity contribution in [3.8, 4) is 0 Å². The van der Waals surface area contributed by atoms with Crippen molar-refractivity contribution in [2.24, 2.45) is 0 Å². The second-order valence-corrected chi connectivity index (χ2v) is 8.02. The quantitative estimate of drug-likeness (QED) is 0.674. The fourth-order valence-corrected chi connectivity index (χ4v) is 4.23. The maximum absolute atomic E-state index is 12.2. The minimum Gasteiger partial charge on any atom is -0.379 e. The number of nitrogens with one attached hydrogen (secondary N) is 1. The van der Waals surface area contributed by atoms with E-state index in [1.807, 2.05) is 30.3 Å². The standard InChI is InChI=1S/C20H23BrN2O2S/c21-18-7-3-4-8-19(18)26-15-20(24)22-13-16-5-1-2-6-17(16)14-23-9-11-25-12-10-23/h1-8H,9-15H2,(H,22,24). The molecule has 2 aromatic rings. The van der Waals surface area contributed by atoms with E-state index in [0.717, 1.165) is 42.2 Å². The first-order valence-electron chi connectivity index (χ1n) is 8.73. The number of hydrogen-bond acceptors (Lipinski definition) is 4. The van der Waals surface area contributed by atoms with Gasteiger partial charge in [0.2, 0.25) is 5.91 Å². The molecule has 4 nitrogen and oxygen atoms in total. The number of rotatable bonds is 7. The van der Waals surface area contributed by atoms with Gasteiger partial charge in [-0.2, -0.15) is 0 Å². The monoisotopic (exact) mass is 434 g/mol. The largest absolute Gasteiger partial charge is 0.379 e. The van der Waals surface area contributed by atoms with Gasteiger partial charge >= 0.3 is 0 Å². The zero-order valence-electron chi connectivity index (χ0n) is 14.6. The highest BCUT2D eigenvalue weighted by atomic mass is 79.9. The first kappa shape index (κ1) is 19.4. The van der Waals surface area contributed by atoms with E-state index in [9.17, 15) is 4.79 Å². The first-order valence-corrected chi connectivity index (χ1v) is 10.5. The minimum absolute atomic E-state index is 0.0481. The lowest BCUT2D eigenvalue weighted by atomic mass is 10.1. The molecule has 3 rings (SSSR count). The van der Waals surface area contributed by atoms with Gasteiger partial charge in [0.05, 0.1) is 19.0 Å². The Balaban J connectivity index is 1.51. The second-order valence-electron chi connectivity index (χ2n) is 6.15. The van der Waals surface area contributed by atoms with Crippen LogP contribution in [-0.4, -0.2) is 42.9 Å². The summed E-state index contributed by atoms with van der Waals surface area (Å²) in [7, 11) is 0. The highest BCUT2D eigenvalue weighted by Gasteiger charge is 2.13. The molecule has 0 radical (unpaired) electrons. The number of amides is 1. The van der Waals surface area contributed by atoms with E-state index in [4.69, 9.17) is 4.74 Å². The summed E-state index contributed by atoms with van der Waals surface area (Å²) in [5, 5.41) is 3.05. The van der Waals surface area contributed by atoms with E-state index >= 15 is 0 Å². The van der Waals surface area contributed by atoms with Crippen molar-refractivity contribution in [3.05, 3.63) is 64.1 Å². The van der Waals surface area contributed by atoms with Gasteiger partial charge in [-0.3, -0.25) is 9.69 Å². The third-order valence-electron chi connectivity index (χ3n) is 4.29. The van der Waals surface area contributed by atoms with Crippen LogP contribution in [0.25, 0.3) is 0 Å². The third-order valence-corrected chi connectivity index (χ3v) is 6.31. The van der Waals surface area contributed by atoms with Crippen LogP contribution in [0.1, 0.15) is 11.1 Å². The highest BCUT2D eigenvalue weighted by Crippen LogP contribution is 2.26. The fourth-order valence-electron chi connectivity index (χ4n) is 2.83. The molecule has 0 unspecified atom stereocenters. The number of benzene rings is 2. The number of carbonyl (C=O) groups excluding carboxylic acids is 1.